The maximum absolute atomic E-state index is 5.87. The molecule has 0 atom stereocenters. The number of halogens is 1. The van der Waals surface area contributed by atoms with Gasteiger partial charge in [0.25, 0.3) is 0 Å². The van der Waals surface area contributed by atoms with Crippen LogP contribution in [-0.4, -0.2) is 8.32 Å². The van der Waals surface area contributed by atoms with Crippen LogP contribution in [0.4, 0.5) is 5.69 Å². The molecule has 0 bridgehead atoms. The Bertz CT molecular complexity index is 323. The maximum Gasteiger partial charge on any atom is 0.242 e. The van der Waals surface area contributed by atoms with E-state index in [0.717, 1.165) is 11.3 Å². The van der Waals surface area contributed by atoms with E-state index in [1.54, 1.807) is 6.07 Å². The van der Waals surface area contributed by atoms with Crippen molar-refractivity contribution in [1.29, 1.82) is 0 Å². The van der Waals surface area contributed by atoms with Gasteiger partial charge in [-0.25, -0.2) is 0 Å². The van der Waals surface area contributed by atoms with Gasteiger partial charge in [-0.05, 0) is 44.3 Å². The summed E-state index contributed by atoms with van der Waals surface area (Å²) in [4.78, 5) is 0. The molecule has 0 aliphatic heterocycles. The number of hydrogen-bond acceptors (Lipinski definition) is 2. The molecule has 1 aromatic rings. The fraction of sp³-hybridized carbons (Fsp3) is 0.400. The lowest BCUT2D eigenvalue weighted by molar-refractivity contribution is 0.556. The minimum atomic E-state index is -1.60. The van der Waals surface area contributed by atoms with Crippen LogP contribution in [0.25, 0.3) is 0 Å². The first-order valence-corrected chi connectivity index (χ1v) is 8.33. The highest BCUT2D eigenvalue weighted by Gasteiger charge is 2.19. The number of rotatable bonds is 2. The van der Waals surface area contributed by atoms with Gasteiger partial charge in [-0.3, -0.25) is 0 Å². The molecule has 0 heterocycles. The van der Waals surface area contributed by atoms with Crippen molar-refractivity contribution >= 4 is 25.6 Å². The van der Waals surface area contributed by atoms with Gasteiger partial charge in [0.15, 0.2) is 0 Å². The number of hydrogen-bond donors (Lipinski definition) is 1. The van der Waals surface area contributed by atoms with Gasteiger partial charge in [0, 0.05) is 5.02 Å². The topological polar surface area (TPSA) is 35.2 Å². The van der Waals surface area contributed by atoms with E-state index >= 15 is 0 Å². The lowest BCUT2D eigenvalue weighted by Gasteiger charge is -2.22. The average molecular weight is 230 g/mol. The minimum absolute atomic E-state index is 0.623. The van der Waals surface area contributed by atoms with Crippen molar-refractivity contribution < 1.29 is 4.43 Å². The molecular weight excluding hydrogens is 214 g/mol. The summed E-state index contributed by atoms with van der Waals surface area (Å²) in [6.45, 7) is 8.33. The maximum atomic E-state index is 5.87. The summed E-state index contributed by atoms with van der Waals surface area (Å²) < 4.78 is 5.87. The molecule has 2 nitrogen and oxygen atoms in total. The normalized spacial score (nSPS) is 11.5. The molecule has 4 heteroatoms. The van der Waals surface area contributed by atoms with Crippen molar-refractivity contribution in [2.75, 3.05) is 5.73 Å². The van der Waals surface area contributed by atoms with Crippen molar-refractivity contribution in [1.82, 2.24) is 0 Å². The van der Waals surface area contributed by atoms with Gasteiger partial charge < -0.3 is 10.2 Å². The molecule has 0 amide bonds. The molecule has 0 saturated carbocycles. The van der Waals surface area contributed by atoms with Crippen LogP contribution in [0.1, 0.15) is 5.56 Å². The number of aryl methyl sites for hydroxylation is 1. The first-order valence-electron chi connectivity index (χ1n) is 4.54. The Balaban J connectivity index is 3.09. The zero-order valence-corrected chi connectivity index (χ0v) is 10.8. The standard InChI is InChI=1S/C10H16ClNOSi/c1-7-5-8(11)6-9(12)10(7)13-14(2,3)4/h5-6H,12H2,1-4H3. The summed E-state index contributed by atoms with van der Waals surface area (Å²) in [5.41, 5.74) is 7.46. The van der Waals surface area contributed by atoms with Gasteiger partial charge in [-0.15, -0.1) is 0 Å². The molecule has 1 rings (SSSR count). The third-order valence-electron chi connectivity index (χ3n) is 1.68. The zero-order chi connectivity index (χ0) is 10.9. The predicted molar refractivity (Wildman–Crippen MR) is 64.6 cm³/mol. The highest BCUT2D eigenvalue weighted by molar-refractivity contribution is 6.70. The average Bonchev–Trinajstić information content (AvgIpc) is 1.95. The molecule has 14 heavy (non-hydrogen) atoms. The summed E-state index contributed by atoms with van der Waals surface area (Å²) in [6.07, 6.45) is 0. The van der Waals surface area contributed by atoms with Crippen LogP contribution in [0.15, 0.2) is 12.1 Å². The largest absolute Gasteiger partial charge is 0.543 e. The second-order valence-corrected chi connectivity index (χ2v) is 9.22. The third kappa shape index (κ3) is 2.92. The van der Waals surface area contributed by atoms with E-state index in [1.165, 1.54) is 0 Å². The molecule has 0 saturated heterocycles. The molecule has 0 unspecified atom stereocenters. The fourth-order valence-corrected chi connectivity index (χ4v) is 2.37. The number of nitrogens with two attached hydrogens (primary N) is 1. The van der Waals surface area contributed by atoms with E-state index in [4.69, 9.17) is 21.8 Å². The van der Waals surface area contributed by atoms with Crippen LogP contribution in [0, 0.1) is 6.92 Å². The second-order valence-electron chi connectivity index (χ2n) is 4.36. The van der Waals surface area contributed by atoms with Crippen LogP contribution in [0.3, 0.4) is 0 Å². The van der Waals surface area contributed by atoms with Crippen molar-refractivity contribution in [3.8, 4) is 5.75 Å². The summed E-state index contributed by atoms with van der Waals surface area (Å²) >= 11 is 5.87. The number of nitrogen functional groups attached to an aromatic ring is 1. The predicted octanol–water partition coefficient (Wildman–Crippen LogP) is 3.44. The first-order chi connectivity index (χ1) is 6.29. The molecule has 78 valence electrons. The lowest BCUT2D eigenvalue weighted by atomic mass is 10.2. The highest BCUT2D eigenvalue weighted by Crippen LogP contribution is 2.31. The molecule has 0 fully saturated rings. The van der Waals surface area contributed by atoms with Gasteiger partial charge in [-0.2, -0.15) is 0 Å². The van der Waals surface area contributed by atoms with Crippen LogP contribution < -0.4 is 10.2 Å². The van der Waals surface area contributed by atoms with Crippen LogP contribution in [-0.2, 0) is 0 Å². The van der Waals surface area contributed by atoms with E-state index in [9.17, 15) is 0 Å². The quantitative estimate of drug-likeness (QED) is 0.623. The van der Waals surface area contributed by atoms with Gasteiger partial charge in [0.05, 0.1) is 5.69 Å². The molecule has 0 spiro atoms. The van der Waals surface area contributed by atoms with E-state index < -0.39 is 8.32 Å². The SMILES string of the molecule is Cc1cc(Cl)cc(N)c1O[Si](C)(C)C. The third-order valence-corrected chi connectivity index (χ3v) is 2.71. The summed E-state index contributed by atoms with van der Waals surface area (Å²) in [5, 5.41) is 0.655. The Morgan fingerprint density at radius 3 is 2.29 bits per heavy atom. The monoisotopic (exact) mass is 229 g/mol. The van der Waals surface area contributed by atoms with Gasteiger partial charge >= 0.3 is 0 Å². The van der Waals surface area contributed by atoms with Crippen LogP contribution in [0.5, 0.6) is 5.75 Å². The number of anilines is 1. The molecule has 2 N–H and O–H groups in total. The highest BCUT2D eigenvalue weighted by atomic mass is 35.5. The van der Waals surface area contributed by atoms with Crippen molar-refractivity contribution in [3.05, 3.63) is 22.7 Å². The molecule has 0 aromatic heterocycles. The Labute approximate surface area is 91.2 Å². The van der Waals surface area contributed by atoms with Gasteiger partial charge in [0.2, 0.25) is 8.32 Å². The molecule has 0 aliphatic rings. The summed E-state index contributed by atoms with van der Waals surface area (Å²) in [6, 6.07) is 3.59. The summed E-state index contributed by atoms with van der Waals surface area (Å²) in [5.74, 6) is 0.786. The van der Waals surface area contributed by atoms with Crippen molar-refractivity contribution in [3.63, 3.8) is 0 Å². The van der Waals surface area contributed by atoms with Gasteiger partial charge in [0.1, 0.15) is 5.75 Å². The fourth-order valence-electron chi connectivity index (χ4n) is 1.20. The van der Waals surface area contributed by atoms with E-state index in [1.807, 2.05) is 13.0 Å². The Hall–Kier alpha value is -0.673. The zero-order valence-electron chi connectivity index (χ0n) is 9.02. The molecule has 0 radical (unpaired) electrons. The Morgan fingerprint density at radius 1 is 1.29 bits per heavy atom. The van der Waals surface area contributed by atoms with E-state index in [-0.39, 0.29) is 0 Å². The molecule has 0 aliphatic carbocycles. The smallest absolute Gasteiger partial charge is 0.242 e. The molecule has 1 aromatic carbocycles. The van der Waals surface area contributed by atoms with Crippen molar-refractivity contribution in [2.24, 2.45) is 0 Å². The first kappa shape index (κ1) is 11.4. The minimum Gasteiger partial charge on any atom is -0.543 e. The van der Waals surface area contributed by atoms with Crippen molar-refractivity contribution in [2.45, 2.75) is 26.6 Å². The van der Waals surface area contributed by atoms with E-state index in [0.29, 0.717) is 10.7 Å². The molecular formula is C10H16ClNOSi. The van der Waals surface area contributed by atoms with Crippen LogP contribution in [0.2, 0.25) is 24.7 Å². The lowest BCUT2D eigenvalue weighted by Crippen LogP contribution is -2.30. The Morgan fingerprint density at radius 2 is 1.86 bits per heavy atom. The number of benzene rings is 1. The van der Waals surface area contributed by atoms with E-state index in [2.05, 4.69) is 19.6 Å². The van der Waals surface area contributed by atoms with Crippen LogP contribution >= 0.6 is 11.6 Å². The Kier molecular flexibility index (Phi) is 3.12. The second kappa shape index (κ2) is 3.83. The summed E-state index contributed by atoms with van der Waals surface area (Å²) in [7, 11) is -1.60. The van der Waals surface area contributed by atoms with Gasteiger partial charge in [-0.1, -0.05) is 11.6 Å².